The van der Waals surface area contributed by atoms with Crippen molar-refractivity contribution in [3.05, 3.63) is 0 Å². The molecule has 1 unspecified atom stereocenters. The molecule has 0 aromatic carbocycles. The third-order valence-corrected chi connectivity index (χ3v) is 4.59. The highest BCUT2D eigenvalue weighted by atomic mass is 16.2. The maximum atomic E-state index is 12.4. The van der Waals surface area contributed by atoms with Crippen molar-refractivity contribution in [1.82, 2.24) is 9.80 Å². The van der Waals surface area contributed by atoms with Crippen LogP contribution >= 0.6 is 0 Å². The van der Waals surface area contributed by atoms with Crippen molar-refractivity contribution in [2.75, 3.05) is 26.7 Å². The predicted octanol–water partition coefficient (Wildman–Crippen LogP) is 2.76. The largest absolute Gasteiger partial charge is 0.340 e. The summed E-state index contributed by atoms with van der Waals surface area (Å²) in [5, 5.41) is 0. The summed E-state index contributed by atoms with van der Waals surface area (Å²) < 4.78 is 0. The Kier molecular flexibility index (Phi) is 4.54. The van der Waals surface area contributed by atoms with Crippen LogP contribution in [-0.4, -0.2) is 48.4 Å². The van der Waals surface area contributed by atoms with Crippen LogP contribution in [0, 0.1) is 11.3 Å². The summed E-state index contributed by atoms with van der Waals surface area (Å²) in [5.41, 5.74) is 0.348. The van der Waals surface area contributed by atoms with Gasteiger partial charge in [-0.1, -0.05) is 20.8 Å². The minimum atomic E-state index is 0.348. The van der Waals surface area contributed by atoms with Crippen LogP contribution in [0.25, 0.3) is 0 Å². The molecular weight excluding hydrogens is 236 g/mol. The monoisotopic (exact) mass is 266 g/mol. The number of nitrogens with zero attached hydrogens (tertiary/aromatic N) is 2. The normalized spacial score (nSPS) is 27.9. The molecule has 19 heavy (non-hydrogen) atoms. The van der Waals surface area contributed by atoms with E-state index in [2.05, 4.69) is 37.6 Å². The van der Waals surface area contributed by atoms with Gasteiger partial charge in [0.1, 0.15) is 0 Å². The van der Waals surface area contributed by atoms with Gasteiger partial charge in [0, 0.05) is 19.0 Å². The Morgan fingerprint density at radius 2 is 1.74 bits per heavy atom. The molecule has 0 aromatic heterocycles. The maximum absolute atomic E-state index is 12.4. The van der Waals surface area contributed by atoms with E-state index in [-0.39, 0.29) is 0 Å². The third-order valence-electron chi connectivity index (χ3n) is 4.59. The quantitative estimate of drug-likeness (QED) is 0.767. The molecule has 2 aliphatic rings. The zero-order valence-corrected chi connectivity index (χ0v) is 13.1. The molecule has 2 heterocycles. The Morgan fingerprint density at radius 3 is 2.26 bits per heavy atom. The molecule has 2 rings (SSSR count). The van der Waals surface area contributed by atoms with Crippen molar-refractivity contribution in [2.24, 2.45) is 11.3 Å². The summed E-state index contributed by atoms with van der Waals surface area (Å²) in [6, 6.07) is 0.513. The molecule has 0 radical (unpaired) electrons. The van der Waals surface area contributed by atoms with E-state index in [1.165, 1.54) is 12.8 Å². The van der Waals surface area contributed by atoms with E-state index in [4.69, 9.17) is 0 Å². The minimum Gasteiger partial charge on any atom is -0.340 e. The SMILES string of the molecule is CN1CCC(N2CCC(CC(C)(C)C)CC2=O)CC1. The van der Waals surface area contributed by atoms with E-state index < -0.39 is 0 Å². The average Bonchev–Trinajstić information content (AvgIpc) is 2.29. The Bertz CT molecular complexity index is 313. The highest BCUT2D eigenvalue weighted by Crippen LogP contribution is 2.32. The first-order chi connectivity index (χ1) is 8.85. The second-order valence-electron chi connectivity index (χ2n) is 7.75. The zero-order chi connectivity index (χ0) is 14.0. The number of hydrogen-bond donors (Lipinski definition) is 0. The number of carbonyl (C=O) groups is 1. The topological polar surface area (TPSA) is 23.6 Å². The molecular formula is C16H30N2O. The summed E-state index contributed by atoms with van der Waals surface area (Å²) in [6.45, 7) is 10.1. The summed E-state index contributed by atoms with van der Waals surface area (Å²) in [7, 11) is 2.17. The fourth-order valence-corrected chi connectivity index (χ4v) is 3.65. The van der Waals surface area contributed by atoms with E-state index in [1.54, 1.807) is 0 Å². The van der Waals surface area contributed by atoms with E-state index in [0.717, 1.165) is 38.9 Å². The average molecular weight is 266 g/mol. The van der Waals surface area contributed by atoms with E-state index in [9.17, 15) is 4.79 Å². The maximum Gasteiger partial charge on any atom is 0.223 e. The van der Waals surface area contributed by atoms with Gasteiger partial charge >= 0.3 is 0 Å². The highest BCUT2D eigenvalue weighted by Gasteiger charge is 2.33. The smallest absolute Gasteiger partial charge is 0.223 e. The molecule has 0 spiro atoms. The van der Waals surface area contributed by atoms with Gasteiger partial charge in [0.25, 0.3) is 0 Å². The first-order valence-electron chi connectivity index (χ1n) is 7.83. The van der Waals surface area contributed by atoms with Gasteiger partial charge in [0.05, 0.1) is 0 Å². The van der Waals surface area contributed by atoms with Crippen LogP contribution in [0.3, 0.4) is 0 Å². The first kappa shape index (κ1) is 14.8. The van der Waals surface area contributed by atoms with Gasteiger partial charge in [0.2, 0.25) is 5.91 Å². The lowest BCUT2D eigenvalue weighted by molar-refractivity contribution is -0.139. The van der Waals surface area contributed by atoms with Crippen molar-refractivity contribution in [3.8, 4) is 0 Å². The van der Waals surface area contributed by atoms with E-state index >= 15 is 0 Å². The molecule has 3 heteroatoms. The number of rotatable bonds is 2. The second kappa shape index (κ2) is 5.82. The molecule has 2 saturated heterocycles. The van der Waals surface area contributed by atoms with Gasteiger partial charge in [-0.2, -0.15) is 0 Å². The van der Waals surface area contributed by atoms with Gasteiger partial charge in [0.15, 0.2) is 0 Å². The summed E-state index contributed by atoms with van der Waals surface area (Å²) in [6.07, 6.45) is 5.48. The zero-order valence-electron chi connectivity index (χ0n) is 13.1. The van der Waals surface area contributed by atoms with Gasteiger partial charge in [-0.25, -0.2) is 0 Å². The molecule has 110 valence electrons. The highest BCUT2D eigenvalue weighted by molar-refractivity contribution is 5.77. The minimum absolute atomic E-state index is 0.348. The lowest BCUT2D eigenvalue weighted by Crippen LogP contribution is -2.49. The molecule has 2 aliphatic heterocycles. The molecule has 0 N–H and O–H groups in total. The number of hydrogen-bond acceptors (Lipinski definition) is 2. The van der Waals surface area contributed by atoms with Crippen LogP contribution in [0.2, 0.25) is 0 Å². The first-order valence-corrected chi connectivity index (χ1v) is 7.83. The van der Waals surface area contributed by atoms with Gasteiger partial charge in [-0.05, 0) is 57.2 Å². The number of piperidine rings is 2. The Balaban J connectivity index is 1.85. The van der Waals surface area contributed by atoms with Crippen LogP contribution in [-0.2, 0) is 4.79 Å². The number of likely N-dealkylation sites (tertiary alicyclic amines) is 2. The molecule has 0 aliphatic carbocycles. The van der Waals surface area contributed by atoms with Crippen LogP contribution in [0.5, 0.6) is 0 Å². The van der Waals surface area contributed by atoms with Crippen molar-refractivity contribution >= 4 is 5.91 Å². The third kappa shape index (κ3) is 4.20. The van der Waals surface area contributed by atoms with Crippen molar-refractivity contribution in [1.29, 1.82) is 0 Å². The van der Waals surface area contributed by atoms with E-state index in [0.29, 0.717) is 23.3 Å². The molecule has 2 fully saturated rings. The summed E-state index contributed by atoms with van der Waals surface area (Å²) >= 11 is 0. The van der Waals surface area contributed by atoms with Gasteiger partial charge in [-0.3, -0.25) is 4.79 Å². The van der Waals surface area contributed by atoms with Gasteiger partial charge < -0.3 is 9.80 Å². The Hall–Kier alpha value is -0.570. The van der Waals surface area contributed by atoms with E-state index in [1.807, 2.05) is 0 Å². The lowest BCUT2D eigenvalue weighted by Gasteiger charge is -2.42. The van der Waals surface area contributed by atoms with Crippen molar-refractivity contribution in [3.63, 3.8) is 0 Å². The Labute approximate surface area is 118 Å². The number of amides is 1. The Morgan fingerprint density at radius 1 is 1.11 bits per heavy atom. The van der Waals surface area contributed by atoms with Crippen molar-refractivity contribution in [2.45, 2.75) is 58.9 Å². The summed E-state index contributed by atoms with van der Waals surface area (Å²) in [5.74, 6) is 1.02. The molecule has 0 bridgehead atoms. The summed E-state index contributed by atoms with van der Waals surface area (Å²) in [4.78, 5) is 16.9. The lowest BCUT2D eigenvalue weighted by atomic mass is 9.80. The fraction of sp³-hybridized carbons (Fsp3) is 0.938. The fourth-order valence-electron chi connectivity index (χ4n) is 3.65. The molecule has 0 aromatic rings. The molecule has 0 saturated carbocycles. The second-order valence-corrected chi connectivity index (χ2v) is 7.75. The predicted molar refractivity (Wildman–Crippen MR) is 79.0 cm³/mol. The van der Waals surface area contributed by atoms with Crippen LogP contribution in [0.1, 0.15) is 52.9 Å². The van der Waals surface area contributed by atoms with Gasteiger partial charge in [-0.15, -0.1) is 0 Å². The molecule has 1 amide bonds. The standard InChI is InChI=1S/C16H30N2O/c1-16(2,3)12-13-5-10-18(15(19)11-13)14-6-8-17(4)9-7-14/h13-14H,5-12H2,1-4H3. The van der Waals surface area contributed by atoms with Crippen LogP contribution in [0.4, 0.5) is 0 Å². The molecule has 3 nitrogen and oxygen atoms in total. The van der Waals surface area contributed by atoms with Crippen LogP contribution in [0.15, 0.2) is 0 Å². The van der Waals surface area contributed by atoms with Crippen LogP contribution < -0.4 is 0 Å². The van der Waals surface area contributed by atoms with Crippen molar-refractivity contribution < 1.29 is 4.79 Å². The molecule has 1 atom stereocenters. The number of carbonyl (C=O) groups excluding carboxylic acids is 1.